The Balaban J connectivity index is 2.91. The average molecular weight is 227 g/mol. The van der Waals surface area contributed by atoms with Crippen molar-refractivity contribution in [3.05, 3.63) is 35.4 Å². The average Bonchev–Trinajstić information content (AvgIpc) is 2.17. The zero-order valence-electron chi connectivity index (χ0n) is 6.29. The van der Waals surface area contributed by atoms with Gasteiger partial charge in [-0.15, -0.1) is 0 Å². The molecule has 1 aromatic carbocycles. The van der Waals surface area contributed by atoms with E-state index in [9.17, 15) is 9.59 Å². The van der Waals surface area contributed by atoms with Crippen molar-refractivity contribution in [2.24, 2.45) is 0 Å². The van der Waals surface area contributed by atoms with Crippen LogP contribution in [-0.2, 0) is 10.1 Å². The molecule has 0 saturated carbocycles. The minimum Gasteiger partial charge on any atom is -0.294 e. The van der Waals surface area contributed by atoms with Gasteiger partial charge in [-0.3, -0.25) is 9.59 Å². The monoisotopic (exact) mass is 226 g/mol. The van der Waals surface area contributed by atoms with Crippen LogP contribution < -0.4 is 0 Å². The Morgan fingerprint density at radius 3 is 2.33 bits per heavy atom. The summed E-state index contributed by atoms with van der Waals surface area (Å²) in [5.41, 5.74) is 1.52. The maximum atomic E-state index is 10.8. The number of alkyl halides is 1. The van der Waals surface area contributed by atoms with Gasteiger partial charge in [-0.1, -0.05) is 40.2 Å². The van der Waals surface area contributed by atoms with Crippen LogP contribution in [0.1, 0.15) is 15.9 Å². The summed E-state index contributed by atoms with van der Waals surface area (Å²) in [6.45, 7) is 0. The second-order valence-electron chi connectivity index (χ2n) is 2.31. The Hall–Kier alpha value is -0.960. The summed E-state index contributed by atoms with van der Waals surface area (Å²) >= 11 is 3.28. The SMILES string of the molecule is O=CC(=O)c1ccc(CBr)cc1. The highest BCUT2D eigenvalue weighted by Gasteiger charge is 2.01. The molecular weight excluding hydrogens is 220 g/mol. The fraction of sp³-hybridized carbons (Fsp3) is 0.111. The van der Waals surface area contributed by atoms with Gasteiger partial charge < -0.3 is 0 Å². The van der Waals surface area contributed by atoms with E-state index in [1.54, 1.807) is 12.1 Å². The molecule has 0 aliphatic carbocycles. The van der Waals surface area contributed by atoms with Gasteiger partial charge in [0, 0.05) is 10.9 Å². The number of benzene rings is 1. The van der Waals surface area contributed by atoms with Crippen LogP contribution in [0.25, 0.3) is 0 Å². The molecule has 3 heteroatoms. The number of carbonyl (C=O) groups is 2. The Morgan fingerprint density at radius 1 is 1.33 bits per heavy atom. The highest BCUT2D eigenvalue weighted by atomic mass is 79.9. The number of hydrogen-bond acceptors (Lipinski definition) is 2. The number of carbonyl (C=O) groups excluding carboxylic acids is 2. The lowest BCUT2D eigenvalue weighted by atomic mass is 10.1. The minimum absolute atomic E-state index is 0.323. The fourth-order valence-electron chi connectivity index (χ4n) is 0.826. The van der Waals surface area contributed by atoms with Crippen molar-refractivity contribution >= 4 is 28.0 Å². The minimum atomic E-state index is -0.476. The summed E-state index contributed by atoms with van der Waals surface area (Å²) in [5.74, 6) is -0.476. The van der Waals surface area contributed by atoms with E-state index in [0.29, 0.717) is 11.8 Å². The number of halogens is 1. The first-order valence-corrected chi connectivity index (χ1v) is 4.54. The zero-order valence-corrected chi connectivity index (χ0v) is 7.87. The number of rotatable bonds is 3. The number of aldehydes is 1. The highest BCUT2D eigenvalue weighted by molar-refractivity contribution is 9.08. The molecule has 1 rings (SSSR count). The Labute approximate surface area is 78.7 Å². The van der Waals surface area contributed by atoms with Crippen molar-refractivity contribution in [1.29, 1.82) is 0 Å². The van der Waals surface area contributed by atoms with E-state index in [0.717, 1.165) is 10.9 Å². The third-order valence-electron chi connectivity index (χ3n) is 1.50. The molecule has 0 amide bonds. The van der Waals surface area contributed by atoms with E-state index in [-0.39, 0.29) is 0 Å². The topological polar surface area (TPSA) is 34.1 Å². The second kappa shape index (κ2) is 4.16. The van der Waals surface area contributed by atoms with E-state index in [4.69, 9.17) is 0 Å². The molecule has 0 aromatic heterocycles. The van der Waals surface area contributed by atoms with Crippen LogP contribution in [0.15, 0.2) is 24.3 Å². The fourth-order valence-corrected chi connectivity index (χ4v) is 1.20. The van der Waals surface area contributed by atoms with Gasteiger partial charge in [-0.25, -0.2) is 0 Å². The molecule has 1 aromatic rings. The van der Waals surface area contributed by atoms with E-state index in [1.165, 1.54) is 0 Å². The largest absolute Gasteiger partial charge is 0.294 e. The van der Waals surface area contributed by atoms with Gasteiger partial charge in [-0.2, -0.15) is 0 Å². The van der Waals surface area contributed by atoms with Crippen LogP contribution in [-0.4, -0.2) is 12.1 Å². The molecule has 0 N–H and O–H groups in total. The zero-order chi connectivity index (χ0) is 8.97. The molecule has 0 spiro atoms. The van der Waals surface area contributed by atoms with Gasteiger partial charge in [0.1, 0.15) is 0 Å². The van der Waals surface area contributed by atoms with Gasteiger partial charge in [0.05, 0.1) is 0 Å². The summed E-state index contributed by atoms with van der Waals surface area (Å²) in [4.78, 5) is 20.9. The molecule has 2 nitrogen and oxygen atoms in total. The van der Waals surface area contributed by atoms with Crippen molar-refractivity contribution in [2.75, 3.05) is 0 Å². The number of ketones is 1. The first-order valence-electron chi connectivity index (χ1n) is 3.42. The van der Waals surface area contributed by atoms with Crippen molar-refractivity contribution < 1.29 is 9.59 Å². The maximum Gasteiger partial charge on any atom is 0.225 e. The van der Waals surface area contributed by atoms with Crippen LogP contribution >= 0.6 is 15.9 Å². The maximum absolute atomic E-state index is 10.8. The first kappa shape index (κ1) is 9.13. The quantitative estimate of drug-likeness (QED) is 0.342. The second-order valence-corrected chi connectivity index (χ2v) is 2.87. The van der Waals surface area contributed by atoms with Crippen molar-refractivity contribution in [3.8, 4) is 0 Å². The molecule has 12 heavy (non-hydrogen) atoms. The lowest BCUT2D eigenvalue weighted by Gasteiger charge is -1.95. The third-order valence-corrected chi connectivity index (χ3v) is 2.15. The Bertz CT molecular complexity index is 290. The first-order chi connectivity index (χ1) is 5.77. The predicted octanol–water partition coefficient (Wildman–Crippen LogP) is 1.96. The van der Waals surface area contributed by atoms with Gasteiger partial charge in [0.2, 0.25) is 5.78 Å². The molecule has 0 heterocycles. The number of Topliss-reactive ketones (excluding diaryl/α,β-unsaturated/α-hetero) is 1. The summed E-state index contributed by atoms with van der Waals surface area (Å²) in [6.07, 6.45) is 0.323. The van der Waals surface area contributed by atoms with E-state index >= 15 is 0 Å². The van der Waals surface area contributed by atoms with Crippen molar-refractivity contribution in [3.63, 3.8) is 0 Å². The van der Waals surface area contributed by atoms with E-state index < -0.39 is 5.78 Å². The molecule has 0 aliphatic rings. The van der Waals surface area contributed by atoms with E-state index in [2.05, 4.69) is 15.9 Å². The third kappa shape index (κ3) is 2.01. The van der Waals surface area contributed by atoms with Crippen molar-refractivity contribution in [2.45, 2.75) is 5.33 Å². The van der Waals surface area contributed by atoms with Crippen molar-refractivity contribution in [1.82, 2.24) is 0 Å². The summed E-state index contributed by atoms with van der Waals surface area (Å²) in [6, 6.07) is 6.91. The molecule has 0 radical (unpaired) electrons. The Morgan fingerprint density at radius 2 is 1.92 bits per heavy atom. The molecule has 0 saturated heterocycles. The summed E-state index contributed by atoms with van der Waals surface area (Å²) in [5, 5.41) is 0.753. The smallest absolute Gasteiger partial charge is 0.225 e. The van der Waals surface area contributed by atoms with Gasteiger partial charge in [0.25, 0.3) is 0 Å². The van der Waals surface area contributed by atoms with Gasteiger partial charge in [-0.05, 0) is 5.56 Å². The molecule has 62 valence electrons. The number of hydrogen-bond donors (Lipinski definition) is 0. The molecule has 0 aliphatic heterocycles. The Kier molecular flexibility index (Phi) is 3.17. The summed E-state index contributed by atoms with van der Waals surface area (Å²) in [7, 11) is 0. The van der Waals surface area contributed by atoms with Crippen LogP contribution in [0.4, 0.5) is 0 Å². The van der Waals surface area contributed by atoms with Gasteiger partial charge in [0.15, 0.2) is 6.29 Å². The predicted molar refractivity (Wildman–Crippen MR) is 49.5 cm³/mol. The van der Waals surface area contributed by atoms with Crippen LogP contribution in [0, 0.1) is 0 Å². The molecule has 0 unspecified atom stereocenters. The van der Waals surface area contributed by atoms with Crippen LogP contribution in [0.3, 0.4) is 0 Å². The van der Waals surface area contributed by atoms with Crippen LogP contribution in [0.5, 0.6) is 0 Å². The molecular formula is C9H7BrO2. The molecule has 0 atom stereocenters. The van der Waals surface area contributed by atoms with E-state index in [1.807, 2.05) is 12.1 Å². The molecule has 0 bridgehead atoms. The molecule has 0 fully saturated rings. The standard InChI is InChI=1S/C9H7BrO2/c10-5-7-1-3-8(4-2-7)9(12)6-11/h1-4,6H,5H2. The normalized spacial score (nSPS) is 9.42. The van der Waals surface area contributed by atoms with Gasteiger partial charge >= 0.3 is 0 Å². The van der Waals surface area contributed by atoms with Crippen LogP contribution in [0.2, 0.25) is 0 Å². The lowest BCUT2D eigenvalue weighted by Crippen LogP contribution is -1.98. The lowest BCUT2D eigenvalue weighted by molar-refractivity contribution is -0.104. The highest BCUT2D eigenvalue weighted by Crippen LogP contribution is 2.07. The summed E-state index contributed by atoms with van der Waals surface area (Å²) < 4.78 is 0.